The van der Waals surface area contributed by atoms with Gasteiger partial charge < -0.3 is 14.8 Å². The van der Waals surface area contributed by atoms with Crippen molar-refractivity contribution in [2.24, 2.45) is 0 Å². The molecule has 0 bridgehead atoms. The van der Waals surface area contributed by atoms with Crippen LogP contribution in [-0.4, -0.2) is 43.4 Å². The van der Waals surface area contributed by atoms with Crippen LogP contribution in [0.2, 0.25) is 5.02 Å². The average molecular weight is 403 g/mol. The highest BCUT2D eigenvalue weighted by atomic mass is 35.5. The zero-order valence-electron chi connectivity index (χ0n) is 15.6. The topological polar surface area (TPSA) is 84.9 Å². The highest BCUT2D eigenvalue weighted by Gasteiger charge is 2.49. The van der Waals surface area contributed by atoms with E-state index in [9.17, 15) is 14.4 Å². The van der Waals surface area contributed by atoms with Crippen LogP contribution >= 0.6 is 11.6 Å². The molecule has 0 spiro atoms. The molecule has 1 fully saturated rings. The molecule has 28 heavy (non-hydrogen) atoms. The van der Waals surface area contributed by atoms with Gasteiger partial charge in [-0.25, -0.2) is 4.79 Å². The fraction of sp³-hybridized carbons (Fsp3) is 0.250. The molecule has 1 saturated heterocycles. The number of benzene rings is 2. The van der Waals surface area contributed by atoms with E-state index in [0.717, 1.165) is 4.90 Å². The number of halogens is 1. The lowest BCUT2D eigenvalue weighted by atomic mass is 9.92. The van der Waals surface area contributed by atoms with Crippen LogP contribution in [0, 0.1) is 0 Å². The van der Waals surface area contributed by atoms with Gasteiger partial charge in [-0.1, -0.05) is 23.7 Å². The second kappa shape index (κ2) is 7.52. The monoisotopic (exact) mass is 402 g/mol. The molecule has 146 valence electrons. The van der Waals surface area contributed by atoms with E-state index in [2.05, 4.69) is 5.32 Å². The van der Waals surface area contributed by atoms with Gasteiger partial charge in [0.05, 0.1) is 20.8 Å². The highest BCUT2D eigenvalue weighted by Crippen LogP contribution is 2.31. The first-order chi connectivity index (χ1) is 13.3. The number of amides is 3. The van der Waals surface area contributed by atoms with Gasteiger partial charge in [0.15, 0.2) is 17.3 Å². The number of carbonyl (C=O) groups is 3. The van der Waals surface area contributed by atoms with Crippen molar-refractivity contribution in [3.63, 3.8) is 0 Å². The Morgan fingerprint density at radius 1 is 1.07 bits per heavy atom. The molecular weight excluding hydrogens is 384 g/mol. The Balaban J connectivity index is 1.83. The van der Waals surface area contributed by atoms with Crippen LogP contribution in [0.25, 0.3) is 0 Å². The van der Waals surface area contributed by atoms with Crippen molar-refractivity contribution in [1.29, 1.82) is 0 Å². The zero-order chi connectivity index (χ0) is 20.5. The van der Waals surface area contributed by atoms with E-state index in [1.165, 1.54) is 20.3 Å². The molecular formula is C20H19ClN2O5. The minimum atomic E-state index is -1.26. The van der Waals surface area contributed by atoms with Gasteiger partial charge in [0.1, 0.15) is 5.54 Å². The molecule has 1 atom stereocenters. The van der Waals surface area contributed by atoms with E-state index in [-0.39, 0.29) is 6.54 Å². The van der Waals surface area contributed by atoms with Crippen LogP contribution in [0.4, 0.5) is 4.79 Å². The second-order valence-corrected chi connectivity index (χ2v) is 6.88. The zero-order valence-corrected chi connectivity index (χ0v) is 16.4. The molecule has 3 amide bonds. The Morgan fingerprint density at radius 2 is 1.71 bits per heavy atom. The molecule has 1 aliphatic rings. The Bertz CT molecular complexity index is 944. The first-order valence-electron chi connectivity index (χ1n) is 8.45. The predicted octanol–water partition coefficient (Wildman–Crippen LogP) is 3.01. The van der Waals surface area contributed by atoms with Crippen molar-refractivity contribution in [2.45, 2.75) is 12.5 Å². The molecule has 7 nitrogen and oxygen atoms in total. The maximum atomic E-state index is 12.9. The molecule has 0 radical (unpaired) electrons. The minimum Gasteiger partial charge on any atom is -0.493 e. The van der Waals surface area contributed by atoms with Crippen molar-refractivity contribution < 1.29 is 23.9 Å². The van der Waals surface area contributed by atoms with Gasteiger partial charge in [0.25, 0.3) is 5.91 Å². The molecule has 2 aromatic carbocycles. The van der Waals surface area contributed by atoms with Crippen LogP contribution in [-0.2, 0) is 10.3 Å². The Labute approximate surface area is 167 Å². The fourth-order valence-electron chi connectivity index (χ4n) is 3.06. The maximum Gasteiger partial charge on any atom is 0.325 e. The SMILES string of the molecule is COc1ccc(C(=O)CN2C(=O)N[C@](C)(c3ccc(Cl)cc3)C2=O)cc1OC. The number of urea groups is 1. The van der Waals surface area contributed by atoms with Gasteiger partial charge in [-0.15, -0.1) is 0 Å². The Kier molecular flexibility index (Phi) is 5.29. The standard InChI is InChI=1S/C20H19ClN2O5/c1-20(13-5-7-14(21)8-6-13)18(25)23(19(26)22-20)11-15(24)12-4-9-16(27-2)17(10-12)28-3/h4-10H,11H2,1-3H3,(H,22,26)/t20-/m1/s1. The third-order valence-electron chi connectivity index (χ3n) is 4.70. The number of ether oxygens (including phenoxy) is 2. The van der Waals surface area contributed by atoms with Crippen LogP contribution in [0.3, 0.4) is 0 Å². The average Bonchev–Trinajstić information content (AvgIpc) is 2.91. The summed E-state index contributed by atoms with van der Waals surface area (Å²) in [6.07, 6.45) is 0. The highest BCUT2D eigenvalue weighted by molar-refractivity contribution is 6.30. The van der Waals surface area contributed by atoms with Crippen molar-refractivity contribution >= 4 is 29.3 Å². The lowest BCUT2D eigenvalue weighted by molar-refractivity contribution is -0.130. The first-order valence-corrected chi connectivity index (χ1v) is 8.83. The molecule has 0 unspecified atom stereocenters. The summed E-state index contributed by atoms with van der Waals surface area (Å²) >= 11 is 5.89. The molecule has 1 aliphatic heterocycles. The van der Waals surface area contributed by atoms with Gasteiger partial charge in [0.2, 0.25) is 0 Å². The summed E-state index contributed by atoms with van der Waals surface area (Å²) in [5.41, 5.74) is -0.380. The third-order valence-corrected chi connectivity index (χ3v) is 4.96. The lowest BCUT2D eigenvalue weighted by Crippen LogP contribution is -2.41. The Morgan fingerprint density at radius 3 is 2.32 bits per heavy atom. The van der Waals surface area contributed by atoms with E-state index in [4.69, 9.17) is 21.1 Å². The molecule has 0 saturated carbocycles. The predicted molar refractivity (Wildman–Crippen MR) is 103 cm³/mol. The number of hydrogen-bond donors (Lipinski definition) is 1. The van der Waals surface area contributed by atoms with Crippen molar-refractivity contribution in [1.82, 2.24) is 10.2 Å². The number of nitrogens with one attached hydrogen (secondary N) is 1. The van der Waals surface area contributed by atoms with Crippen molar-refractivity contribution in [2.75, 3.05) is 20.8 Å². The number of Topliss-reactive ketones (excluding diaryl/α,β-unsaturated/α-hetero) is 1. The normalized spacial score (nSPS) is 18.8. The third kappa shape index (κ3) is 3.41. The number of ketones is 1. The van der Waals surface area contributed by atoms with Crippen LogP contribution in [0.1, 0.15) is 22.8 Å². The van der Waals surface area contributed by atoms with Gasteiger partial charge >= 0.3 is 6.03 Å². The van der Waals surface area contributed by atoms with Crippen LogP contribution < -0.4 is 14.8 Å². The molecule has 3 rings (SSSR count). The molecule has 1 N–H and O–H groups in total. The smallest absolute Gasteiger partial charge is 0.325 e. The first kappa shape index (κ1) is 19.7. The molecule has 2 aromatic rings. The number of carbonyl (C=O) groups excluding carboxylic acids is 3. The van der Waals surface area contributed by atoms with Gasteiger partial charge in [-0.3, -0.25) is 14.5 Å². The number of imide groups is 1. The van der Waals surface area contributed by atoms with Gasteiger partial charge in [-0.2, -0.15) is 0 Å². The molecule has 0 aliphatic carbocycles. The second-order valence-electron chi connectivity index (χ2n) is 6.45. The summed E-state index contributed by atoms with van der Waals surface area (Å²) in [5.74, 6) is -0.0423. The fourth-order valence-corrected chi connectivity index (χ4v) is 3.19. The van der Waals surface area contributed by atoms with Crippen molar-refractivity contribution in [3.05, 3.63) is 58.6 Å². The quantitative estimate of drug-likeness (QED) is 0.593. The summed E-state index contributed by atoms with van der Waals surface area (Å²) in [5, 5.41) is 3.18. The summed E-state index contributed by atoms with van der Waals surface area (Å²) in [6.45, 7) is 1.21. The van der Waals surface area contributed by atoms with E-state index in [0.29, 0.717) is 27.6 Å². The van der Waals surface area contributed by atoms with E-state index in [1.54, 1.807) is 43.3 Å². The van der Waals surface area contributed by atoms with Gasteiger partial charge in [-0.05, 0) is 42.8 Å². The Hall–Kier alpha value is -3.06. The lowest BCUT2D eigenvalue weighted by Gasteiger charge is -2.22. The molecule has 1 heterocycles. The summed E-state index contributed by atoms with van der Waals surface area (Å²) in [4.78, 5) is 38.9. The number of methoxy groups -OCH3 is 2. The van der Waals surface area contributed by atoms with Crippen LogP contribution in [0.5, 0.6) is 11.5 Å². The summed E-state index contributed by atoms with van der Waals surface area (Å²) in [7, 11) is 2.95. The van der Waals surface area contributed by atoms with E-state index >= 15 is 0 Å². The number of hydrogen-bond acceptors (Lipinski definition) is 5. The summed E-state index contributed by atoms with van der Waals surface area (Å²) in [6, 6.07) is 10.6. The molecule has 8 heteroatoms. The maximum absolute atomic E-state index is 12.9. The largest absolute Gasteiger partial charge is 0.493 e. The van der Waals surface area contributed by atoms with Crippen LogP contribution in [0.15, 0.2) is 42.5 Å². The number of rotatable bonds is 6. The van der Waals surface area contributed by atoms with E-state index in [1.807, 2.05) is 0 Å². The summed E-state index contributed by atoms with van der Waals surface area (Å²) < 4.78 is 10.3. The van der Waals surface area contributed by atoms with Crippen molar-refractivity contribution in [3.8, 4) is 11.5 Å². The molecule has 0 aromatic heterocycles. The minimum absolute atomic E-state index is 0.304. The van der Waals surface area contributed by atoms with Gasteiger partial charge in [0, 0.05) is 10.6 Å². The number of nitrogens with zero attached hydrogens (tertiary/aromatic N) is 1. The van der Waals surface area contributed by atoms with E-state index < -0.39 is 23.3 Å².